The molecule has 0 spiro atoms. The molecule has 0 heterocycles. The minimum absolute atomic E-state index is 0.0807. The number of esters is 1. The number of rotatable bonds is 2. The zero-order chi connectivity index (χ0) is 13.2. The van der Waals surface area contributed by atoms with Crippen LogP contribution in [0.25, 0.3) is 0 Å². The molecule has 1 aromatic carbocycles. The Balaban J connectivity index is 3.30. The SMILES string of the molecule is CCOC(=O)c1cc(C(F)(F)F)cc(N)c1C. The molecular formula is C11H12F3NO2. The van der Waals surface area contributed by atoms with Crippen molar-refractivity contribution < 1.29 is 22.7 Å². The fourth-order valence-electron chi connectivity index (χ4n) is 1.32. The summed E-state index contributed by atoms with van der Waals surface area (Å²) in [7, 11) is 0. The minimum atomic E-state index is -4.54. The number of hydrogen-bond donors (Lipinski definition) is 1. The maximum absolute atomic E-state index is 12.5. The van der Waals surface area contributed by atoms with Gasteiger partial charge in [-0.15, -0.1) is 0 Å². The molecule has 0 aliphatic heterocycles. The normalized spacial score (nSPS) is 11.4. The molecule has 0 saturated carbocycles. The van der Waals surface area contributed by atoms with E-state index in [1.165, 1.54) is 6.92 Å². The van der Waals surface area contributed by atoms with Crippen LogP contribution in [-0.2, 0) is 10.9 Å². The Morgan fingerprint density at radius 1 is 1.41 bits per heavy atom. The van der Waals surface area contributed by atoms with E-state index in [1.807, 2.05) is 0 Å². The fraction of sp³-hybridized carbons (Fsp3) is 0.364. The molecule has 0 fully saturated rings. The molecule has 0 radical (unpaired) electrons. The maximum Gasteiger partial charge on any atom is 0.416 e. The maximum atomic E-state index is 12.5. The molecule has 3 nitrogen and oxygen atoms in total. The number of alkyl halides is 3. The Bertz CT molecular complexity index is 441. The van der Waals surface area contributed by atoms with Crippen LogP contribution in [0.5, 0.6) is 0 Å². The lowest BCUT2D eigenvalue weighted by atomic mass is 10.0. The molecule has 0 aromatic heterocycles. The van der Waals surface area contributed by atoms with Crippen LogP contribution >= 0.6 is 0 Å². The van der Waals surface area contributed by atoms with Crippen LogP contribution in [0.1, 0.15) is 28.4 Å². The van der Waals surface area contributed by atoms with E-state index >= 15 is 0 Å². The van der Waals surface area contributed by atoms with Crippen LogP contribution < -0.4 is 5.73 Å². The number of anilines is 1. The van der Waals surface area contributed by atoms with E-state index in [2.05, 4.69) is 4.74 Å². The number of hydrogen-bond acceptors (Lipinski definition) is 3. The standard InChI is InChI=1S/C11H12F3NO2/c1-3-17-10(16)8-4-7(11(12,13)14)5-9(15)6(8)2/h4-5H,3,15H2,1-2H3. The van der Waals surface area contributed by atoms with Gasteiger partial charge in [-0.05, 0) is 31.5 Å². The van der Waals surface area contributed by atoms with Gasteiger partial charge in [-0.3, -0.25) is 0 Å². The van der Waals surface area contributed by atoms with Crippen molar-refractivity contribution in [1.29, 1.82) is 0 Å². The van der Waals surface area contributed by atoms with E-state index in [9.17, 15) is 18.0 Å². The first kappa shape index (κ1) is 13.3. The molecular weight excluding hydrogens is 235 g/mol. The molecule has 0 unspecified atom stereocenters. The zero-order valence-electron chi connectivity index (χ0n) is 9.39. The molecule has 0 aliphatic carbocycles. The van der Waals surface area contributed by atoms with Crippen LogP contribution in [0, 0.1) is 6.92 Å². The second-order valence-corrected chi connectivity index (χ2v) is 3.46. The highest BCUT2D eigenvalue weighted by Gasteiger charge is 2.32. The largest absolute Gasteiger partial charge is 0.462 e. The van der Waals surface area contributed by atoms with Gasteiger partial charge in [0.25, 0.3) is 0 Å². The van der Waals surface area contributed by atoms with E-state index in [0.717, 1.165) is 12.1 Å². The van der Waals surface area contributed by atoms with Gasteiger partial charge in [-0.25, -0.2) is 4.79 Å². The molecule has 6 heteroatoms. The van der Waals surface area contributed by atoms with Crippen molar-refractivity contribution in [1.82, 2.24) is 0 Å². The van der Waals surface area contributed by atoms with Crippen LogP contribution in [0.3, 0.4) is 0 Å². The van der Waals surface area contributed by atoms with Gasteiger partial charge in [-0.1, -0.05) is 0 Å². The molecule has 0 atom stereocenters. The molecule has 0 saturated heterocycles. The van der Waals surface area contributed by atoms with E-state index in [1.54, 1.807) is 6.92 Å². The van der Waals surface area contributed by atoms with Gasteiger partial charge in [0, 0.05) is 5.69 Å². The van der Waals surface area contributed by atoms with Gasteiger partial charge in [0.1, 0.15) is 0 Å². The minimum Gasteiger partial charge on any atom is -0.462 e. The van der Waals surface area contributed by atoms with Crippen molar-refractivity contribution in [3.8, 4) is 0 Å². The highest BCUT2D eigenvalue weighted by atomic mass is 19.4. The number of ether oxygens (including phenoxy) is 1. The molecule has 0 bridgehead atoms. The third-order valence-electron chi connectivity index (χ3n) is 2.27. The van der Waals surface area contributed by atoms with Crippen molar-refractivity contribution in [3.63, 3.8) is 0 Å². The van der Waals surface area contributed by atoms with Gasteiger partial charge in [0.2, 0.25) is 0 Å². The third kappa shape index (κ3) is 2.89. The van der Waals surface area contributed by atoms with Crippen LogP contribution in [0.15, 0.2) is 12.1 Å². The number of nitrogen functional groups attached to an aromatic ring is 1. The highest BCUT2D eigenvalue weighted by Crippen LogP contribution is 2.33. The topological polar surface area (TPSA) is 52.3 Å². The second-order valence-electron chi connectivity index (χ2n) is 3.46. The lowest BCUT2D eigenvalue weighted by Crippen LogP contribution is -2.13. The number of carbonyl (C=O) groups excluding carboxylic acids is 1. The summed E-state index contributed by atoms with van der Waals surface area (Å²) in [5.74, 6) is -0.803. The summed E-state index contributed by atoms with van der Waals surface area (Å²) in [6, 6.07) is 1.56. The number of carbonyl (C=O) groups is 1. The Morgan fingerprint density at radius 2 is 2.00 bits per heavy atom. The molecule has 1 aromatic rings. The Kier molecular flexibility index (Phi) is 3.65. The summed E-state index contributed by atoms with van der Waals surface area (Å²) >= 11 is 0. The lowest BCUT2D eigenvalue weighted by molar-refractivity contribution is -0.137. The number of nitrogens with two attached hydrogens (primary N) is 1. The van der Waals surface area contributed by atoms with Gasteiger partial charge in [0.05, 0.1) is 17.7 Å². The smallest absolute Gasteiger partial charge is 0.416 e. The van der Waals surface area contributed by atoms with Crippen molar-refractivity contribution in [2.75, 3.05) is 12.3 Å². The first-order chi connectivity index (χ1) is 7.77. The predicted octanol–water partition coefficient (Wildman–Crippen LogP) is 2.77. The zero-order valence-corrected chi connectivity index (χ0v) is 9.39. The van der Waals surface area contributed by atoms with E-state index in [0.29, 0.717) is 0 Å². The first-order valence-corrected chi connectivity index (χ1v) is 4.91. The summed E-state index contributed by atoms with van der Waals surface area (Å²) in [6.07, 6.45) is -4.54. The first-order valence-electron chi connectivity index (χ1n) is 4.91. The monoisotopic (exact) mass is 247 g/mol. The molecule has 2 N–H and O–H groups in total. The van der Waals surface area contributed by atoms with E-state index in [-0.39, 0.29) is 23.4 Å². The van der Waals surface area contributed by atoms with Gasteiger partial charge < -0.3 is 10.5 Å². The Labute approximate surface area is 96.4 Å². The lowest BCUT2D eigenvalue weighted by Gasteiger charge is -2.13. The molecule has 17 heavy (non-hydrogen) atoms. The van der Waals surface area contributed by atoms with Crippen molar-refractivity contribution in [3.05, 3.63) is 28.8 Å². The average molecular weight is 247 g/mol. The summed E-state index contributed by atoms with van der Waals surface area (Å²) in [6.45, 7) is 3.14. The van der Waals surface area contributed by atoms with E-state index in [4.69, 9.17) is 5.73 Å². The molecule has 0 aliphatic rings. The van der Waals surface area contributed by atoms with Crippen molar-refractivity contribution in [2.45, 2.75) is 20.0 Å². The summed E-state index contributed by atoms with van der Waals surface area (Å²) in [4.78, 5) is 11.5. The van der Waals surface area contributed by atoms with Crippen molar-refractivity contribution in [2.24, 2.45) is 0 Å². The Hall–Kier alpha value is -1.72. The van der Waals surface area contributed by atoms with Crippen LogP contribution in [0.4, 0.5) is 18.9 Å². The average Bonchev–Trinajstić information content (AvgIpc) is 2.20. The molecule has 0 amide bonds. The second kappa shape index (κ2) is 4.65. The molecule has 94 valence electrons. The van der Waals surface area contributed by atoms with Gasteiger partial charge >= 0.3 is 12.1 Å². The van der Waals surface area contributed by atoms with E-state index < -0.39 is 17.7 Å². The predicted molar refractivity (Wildman–Crippen MR) is 56.5 cm³/mol. The highest BCUT2D eigenvalue weighted by molar-refractivity contribution is 5.93. The van der Waals surface area contributed by atoms with Crippen LogP contribution in [0.2, 0.25) is 0 Å². The van der Waals surface area contributed by atoms with Gasteiger partial charge in [0.15, 0.2) is 0 Å². The van der Waals surface area contributed by atoms with Gasteiger partial charge in [-0.2, -0.15) is 13.2 Å². The molecule has 1 rings (SSSR count). The summed E-state index contributed by atoms with van der Waals surface area (Å²) in [5.41, 5.74) is 4.54. The number of benzene rings is 1. The van der Waals surface area contributed by atoms with Crippen LogP contribution in [-0.4, -0.2) is 12.6 Å². The summed E-state index contributed by atoms with van der Waals surface area (Å²) in [5, 5.41) is 0. The third-order valence-corrected chi connectivity index (χ3v) is 2.27. The Morgan fingerprint density at radius 3 is 2.47 bits per heavy atom. The van der Waals surface area contributed by atoms with Crippen molar-refractivity contribution >= 4 is 11.7 Å². The summed E-state index contributed by atoms with van der Waals surface area (Å²) < 4.78 is 42.2. The quantitative estimate of drug-likeness (QED) is 0.645. The fourth-order valence-corrected chi connectivity index (χ4v) is 1.32. The number of halogens is 3.